The van der Waals surface area contributed by atoms with Gasteiger partial charge in [0, 0.05) is 18.0 Å². The Morgan fingerprint density at radius 2 is 2.09 bits per heavy atom. The van der Waals surface area contributed by atoms with Crippen molar-refractivity contribution in [3.8, 4) is 0 Å². The van der Waals surface area contributed by atoms with Crippen molar-refractivity contribution in [2.45, 2.75) is 13.5 Å². The molecule has 23 heavy (non-hydrogen) atoms. The average molecular weight is 353 g/mol. The monoisotopic (exact) mass is 352 g/mol. The zero-order chi connectivity index (χ0) is 16.8. The molecule has 2 heterocycles. The van der Waals surface area contributed by atoms with E-state index in [-0.39, 0.29) is 29.0 Å². The normalized spacial score (nSPS) is 10.2. The first kappa shape index (κ1) is 17.1. The average Bonchev–Trinajstić information content (AvgIpc) is 3.00. The van der Waals surface area contributed by atoms with Crippen molar-refractivity contribution in [3.05, 3.63) is 50.9 Å². The van der Waals surface area contributed by atoms with Crippen LogP contribution in [0.4, 0.5) is 0 Å². The Balaban J connectivity index is 1.91. The highest BCUT2D eigenvalue weighted by Crippen LogP contribution is 2.18. The number of esters is 1. The van der Waals surface area contributed by atoms with Gasteiger partial charge < -0.3 is 10.1 Å². The number of amides is 1. The summed E-state index contributed by atoms with van der Waals surface area (Å²) in [6.45, 7) is 1.39. The first-order chi connectivity index (χ1) is 11.0. The molecule has 6 nitrogen and oxygen atoms in total. The SMILES string of the molecule is CC(=O)NCc1ccc(C(=O)COC(=O)c2cccnc2Cl)s1. The number of carbonyl (C=O) groups excluding carboxylic acids is 3. The summed E-state index contributed by atoms with van der Waals surface area (Å²) < 4.78 is 4.96. The lowest BCUT2D eigenvalue weighted by Gasteiger charge is -2.04. The van der Waals surface area contributed by atoms with Crippen LogP contribution in [-0.2, 0) is 16.1 Å². The third-order valence-electron chi connectivity index (χ3n) is 2.76. The fourth-order valence-electron chi connectivity index (χ4n) is 1.65. The molecule has 0 aliphatic carbocycles. The highest BCUT2D eigenvalue weighted by molar-refractivity contribution is 7.14. The Kier molecular flexibility index (Phi) is 5.84. The predicted octanol–water partition coefficient (Wildman–Crippen LogP) is 2.47. The van der Waals surface area contributed by atoms with E-state index in [9.17, 15) is 14.4 Å². The number of carbonyl (C=O) groups is 3. The topological polar surface area (TPSA) is 85.4 Å². The molecule has 0 unspecified atom stereocenters. The minimum absolute atomic E-state index is 0.0265. The first-order valence-electron chi connectivity index (χ1n) is 6.61. The van der Waals surface area contributed by atoms with Gasteiger partial charge in [-0.2, -0.15) is 0 Å². The number of ketones is 1. The molecule has 0 fully saturated rings. The van der Waals surface area contributed by atoms with Gasteiger partial charge in [-0.15, -0.1) is 11.3 Å². The van der Waals surface area contributed by atoms with Gasteiger partial charge in [0.15, 0.2) is 6.61 Å². The Labute approximate surface area is 141 Å². The fraction of sp³-hybridized carbons (Fsp3) is 0.200. The van der Waals surface area contributed by atoms with Crippen LogP contribution in [0.5, 0.6) is 0 Å². The van der Waals surface area contributed by atoms with Crippen LogP contribution >= 0.6 is 22.9 Å². The Hall–Kier alpha value is -2.25. The maximum atomic E-state index is 12.0. The molecule has 0 saturated heterocycles. The molecule has 0 aromatic carbocycles. The maximum Gasteiger partial charge on any atom is 0.341 e. The summed E-state index contributed by atoms with van der Waals surface area (Å²) >= 11 is 7.03. The van der Waals surface area contributed by atoms with E-state index >= 15 is 0 Å². The van der Waals surface area contributed by atoms with E-state index in [4.69, 9.17) is 16.3 Å². The predicted molar refractivity (Wildman–Crippen MR) is 85.7 cm³/mol. The number of aromatic nitrogens is 1. The van der Waals surface area contributed by atoms with Crippen LogP contribution in [0.15, 0.2) is 30.5 Å². The van der Waals surface area contributed by atoms with Gasteiger partial charge in [0.1, 0.15) is 5.15 Å². The van der Waals surface area contributed by atoms with Crippen molar-refractivity contribution in [1.29, 1.82) is 0 Å². The summed E-state index contributed by atoms with van der Waals surface area (Å²) in [6, 6.07) is 6.40. The van der Waals surface area contributed by atoms with Crippen LogP contribution in [0.25, 0.3) is 0 Å². The molecule has 0 radical (unpaired) electrons. The number of hydrogen-bond acceptors (Lipinski definition) is 6. The lowest BCUT2D eigenvalue weighted by molar-refractivity contribution is -0.119. The molecule has 0 saturated carbocycles. The molecule has 1 amide bonds. The van der Waals surface area contributed by atoms with E-state index in [1.165, 1.54) is 30.5 Å². The smallest absolute Gasteiger partial charge is 0.341 e. The van der Waals surface area contributed by atoms with Crippen molar-refractivity contribution >= 4 is 40.6 Å². The van der Waals surface area contributed by atoms with E-state index in [0.29, 0.717) is 11.4 Å². The number of nitrogens with zero attached hydrogens (tertiary/aromatic N) is 1. The molecule has 8 heteroatoms. The minimum Gasteiger partial charge on any atom is -0.454 e. The Bertz CT molecular complexity index is 745. The lowest BCUT2D eigenvalue weighted by Crippen LogP contribution is -2.18. The molecule has 0 aliphatic rings. The highest BCUT2D eigenvalue weighted by Gasteiger charge is 2.16. The van der Waals surface area contributed by atoms with Crippen LogP contribution in [0.3, 0.4) is 0 Å². The second kappa shape index (κ2) is 7.85. The third-order valence-corrected chi connectivity index (χ3v) is 4.19. The Morgan fingerprint density at radius 1 is 1.30 bits per heavy atom. The first-order valence-corrected chi connectivity index (χ1v) is 7.81. The molecule has 1 N–H and O–H groups in total. The number of thiophene rings is 1. The molecule has 0 spiro atoms. The van der Waals surface area contributed by atoms with Crippen molar-refractivity contribution in [2.75, 3.05) is 6.61 Å². The van der Waals surface area contributed by atoms with Crippen molar-refractivity contribution in [3.63, 3.8) is 0 Å². The van der Waals surface area contributed by atoms with E-state index in [1.807, 2.05) is 0 Å². The number of rotatable bonds is 6. The summed E-state index contributed by atoms with van der Waals surface area (Å²) in [5.74, 6) is -1.17. The fourth-order valence-corrected chi connectivity index (χ4v) is 2.72. The van der Waals surface area contributed by atoms with Gasteiger partial charge in [-0.3, -0.25) is 9.59 Å². The number of Topliss-reactive ketones (excluding diaryl/α,β-unsaturated/α-hetero) is 1. The zero-order valence-electron chi connectivity index (χ0n) is 12.2. The maximum absolute atomic E-state index is 12.0. The second-order valence-electron chi connectivity index (χ2n) is 4.52. The molecular weight excluding hydrogens is 340 g/mol. The summed E-state index contributed by atoms with van der Waals surface area (Å²) in [5, 5.41) is 2.67. The van der Waals surface area contributed by atoms with Gasteiger partial charge in [0.25, 0.3) is 0 Å². The molecule has 120 valence electrons. The number of hydrogen-bond donors (Lipinski definition) is 1. The molecule has 0 bridgehead atoms. The summed E-state index contributed by atoms with van der Waals surface area (Å²) in [6.07, 6.45) is 1.45. The number of pyridine rings is 1. The van der Waals surface area contributed by atoms with Crippen molar-refractivity contribution < 1.29 is 19.1 Å². The molecule has 2 aromatic rings. The van der Waals surface area contributed by atoms with Gasteiger partial charge in [0.2, 0.25) is 11.7 Å². The number of halogens is 1. The Morgan fingerprint density at radius 3 is 2.78 bits per heavy atom. The van der Waals surface area contributed by atoms with E-state index in [1.54, 1.807) is 18.2 Å². The molecule has 0 aliphatic heterocycles. The van der Waals surface area contributed by atoms with Gasteiger partial charge in [-0.1, -0.05) is 11.6 Å². The number of ether oxygens (including phenoxy) is 1. The van der Waals surface area contributed by atoms with Crippen LogP contribution in [0.2, 0.25) is 5.15 Å². The van der Waals surface area contributed by atoms with E-state index in [0.717, 1.165) is 4.88 Å². The largest absolute Gasteiger partial charge is 0.454 e. The third kappa shape index (κ3) is 4.87. The lowest BCUT2D eigenvalue weighted by atomic mass is 10.3. The van der Waals surface area contributed by atoms with E-state index in [2.05, 4.69) is 10.3 Å². The van der Waals surface area contributed by atoms with Gasteiger partial charge in [-0.05, 0) is 24.3 Å². The van der Waals surface area contributed by atoms with Crippen LogP contribution in [0.1, 0.15) is 31.8 Å². The minimum atomic E-state index is -0.702. The quantitative estimate of drug-likeness (QED) is 0.490. The van der Waals surface area contributed by atoms with Gasteiger partial charge >= 0.3 is 5.97 Å². The van der Waals surface area contributed by atoms with Crippen molar-refractivity contribution in [1.82, 2.24) is 10.3 Å². The van der Waals surface area contributed by atoms with Gasteiger partial charge in [0.05, 0.1) is 17.0 Å². The van der Waals surface area contributed by atoms with Crippen LogP contribution < -0.4 is 5.32 Å². The van der Waals surface area contributed by atoms with Crippen molar-refractivity contribution in [2.24, 2.45) is 0 Å². The summed E-state index contributed by atoms with van der Waals surface area (Å²) in [7, 11) is 0. The summed E-state index contributed by atoms with van der Waals surface area (Å²) in [4.78, 5) is 39.8. The second-order valence-corrected chi connectivity index (χ2v) is 6.04. The van der Waals surface area contributed by atoms with Crippen LogP contribution in [-0.4, -0.2) is 29.3 Å². The molecular formula is C15H13ClN2O4S. The van der Waals surface area contributed by atoms with E-state index < -0.39 is 5.97 Å². The molecule has 2 rings (SSSR count). The number of nitrogens with one attached hydrogen (secondary N) is 1. The standard InChI is InChI=1S/C15H13ClN2O4S/c1-9(19)18-7-10-4-5-13(23-10)12(20)8-22-15(21)11-3-2-6-17-14(11)16/h2-6H,7-8H2,1H3,(H,18,19). The molecule has 0 atom stereocenters. The summed E-state index contributed by atoms with van der Waals surface area (Å²) in [5.41, 5.74) is 0.111. The zero-order valence-corrected chi connectivity index (χ0v) is 13.7. The van der Waals surface area contributed by atoms with Crippen LogP contribution in [0, 0.1) is 0 Å². The molecule has 2 aromatic heterocycles. The van der Waals surface area contributed by atoms with Gasteiger partial charge in [-0.25, -0.2) is 9.78 Å². The highest BCUT2D eigenvalue weighted by atomic mass is 35.5.